The molecule has 0 spiro atoms. The lowest BCUT2D eigenvalue weighted by molar-refractivity contribution is 0.0684. The van der Waals surface area contributed by atoms with Crippen LogP contribution in [-0.4, -0.2) is 51.5 Å². The second-order valence-corrected chi connectivity index (χ2v) is 12.9. The summed E-state index contributed by atoms with van der Waals surface area (Å²) in [6.07, 6.45) is 0.471. The Morgan fingerprint density at radius 1 is 1.24 bits per heavy atom. The quantitative estimate of drug-likeness (QED) is 0.225. The molecule has 16 heteroatoms. The first-order valence-corrected chi connectivity index (χ1v) is 16.0. The number of halogens is 5. The number of hydrogen-bond donors (Lipinski definition) is 3. The number of hydrogen-bond acceptors (Lipinski definition) is 7. The zero-order valence-corrected chi connectivity index (χ0v) is 27.3. The van der Waals surface area contributed by atoms with E-state index in [1.165, 1.54) is 21.9 Å². The fraction of sp³-hybridized carbons (Fsp3) is 0.333. The number of benzene rings is 2. The molecule has 46 heavy (non-hydrogen) atoms. The Kier molecular flexibility index (Phi) is 9.77. The van der Waals surface area contributed by atoms with E-state index in [2.05, 4.69) is 0 Å². The normalized spacial score (nSPS) is 16.5. The van der Waals surface area contributed by atoms with E-state index in [9.17, 15) is 33.5 Å². The summed E-state index contributed by atoms with van der Waals surface area (Å²) in [6, 6.07) is 7.82. The third-order valence-corrected chi connectivity index (χ3v) is 10.3. The van der Waals surface area contributed by atoms with Crippen LogP contribution in [0, 0.1) is 11.3 Å². The first-order chi connectivity index (χ1) is 21.8. The Labute approximate surface area is 281 Å². The standard InChI is InChI=1S/C30H27Cl3F2N6O4S/c1-2-39-8-3-9-40(29(39)45)20-10-16-14-41(19(6-7-36)17(16)11-21(20)42)28(44)24-22(12-23(30(33,34)35)38-27(24)43)46-26-18(31)5-4-15(13-37)25(26)32/h4-5,10-12,19,42H,2-3,6,8-9,13-14,37H2,1H3,(H,38,43). The summed E-state index contributed by atoms with van der Waals surface area (Å²) < 4.78 is 28.5. The number of pyridine rings is 1. The van der Waals surface area contributed by atoms with Gasteiger partial charge in [-0.05, 0) is 65.9 Å². The highest BCUT2D eigenvalue weighted by Gasteiger charge is 2.39. The SMILES string of the molecule is CCN1CCCN(c2cc3c(cc2O)C(CC#N)N(C(=O)c2c(Sc4c(Cl)ccc(CN)c4Cl)cc(C(F)(F)Cl)[nH]c2=O)C3)C1=O. The predicted molar refractivity (Wildman–Crippen MR) is 171 cm³/mol. The molecule has 1 aromatic heterocycles. The summed E-state index contributed by atoms with van der Waals surface area (Å²) in [7, 11) is 0. The third kappa shape index (κ3) is 6.24. The maximum Gasteiger partial charge on any atom is 0.362 e. The molecule has 2 aliphatic heterocycles. The number of nitrogens with two attached hydrogens (primary N) is 1. The minimum atomic E-state index is -3.98. The highest BCUT2D eigenvalue weighted by atomic mass is 35.5. The number of fused-ring (bicyclic) bond motifs is 1. The molecule has 0 saturated carbocycles. The van der Waals surface area contributed by atoms with Gasteiger partial charge in [0.1, 0.15) is 17.0 Å². The molecular weight excluding hydrogens is 685 g/mol. The van der Waals surface area contributed by atoms with Crippen LogP contribution in [0.3, 0.4) is 0 Å². The van der Waals surface area contributed by atoms with Gasteiger partial charge in [-0.1, -0.05) is 41.0 Å². The van der Waals surface area contributed by atoms with Crippen LogP contribution in [0.5, 0.6) is 5.75 Å². The first kappa shape index (κ1) is 33.8. The smallest absolute Gasteiger partial charge is 0.362 e. The summed E-state index contributed by atoms with van der Waals surface area (Å²) in [5.74, 6) is -1.09. The van der Waals surface area contributed by atoms with Crippen molar-refractivity contribution in [3.05, 3.63) is 78.7 Å². The number of aromatic amines is 1. The largest absolute Gasteiger partial charge is 0.506 e. The average Bonchev–Trinajstić information content (AvgIpc) is 3.35. The van der Waals surface area contributed by atoms with E-state index < -0.39 is 34.1 Å². The van der Waals surface area contributed by atoms with Crippen molar-refractivity contribution in [1.29, 1.82) is 5.26 Å². The number of carbonyl (C=O) groups is 2. The lowest BCUT2D eigenvalue weighted by atomic mass is 10.0. The summed E-state index contributed by atoms with van der Waals surface area (Å²) in [5, 5.41) is 16.9. The zero-order valence-electron chi connectivity index (χ0n) is 24.3. The Hall–Kier alpha value is -3.54. The van der Waals surface area contributed by atoms with Crippen LogP contribution in [0.2, 0.25) is 10.0 Å². The van der Waals surface area contributed by atoms with E-state index in [4.69, 9.17) is 40.5 Å². The fourth-order valence-electron chi connectivity index (χ4n) is 5.63. The number of nitriles is 1. The molecule has 10 nitrogen and oxygen atoms in total. The van der Waals surface area contributed by atoms with Gasteiger partial charge >= 0.3 is 11.4 Å². The van der Waals surface area contributed by atoms with Crippen molar-refractivity contribution in [3.8, 4) is 11.8 Å². The first-order valence-electron chi connectivity index (χ1n) is 14.1. The Morgan fingerprint density at radius 2 is 1.98 bits per heavy atom. The number of aromatic nitrogens is 1. The number of amides is 3. The van der Waals surface area contributed by atoms with E-state index in [1.54, 1.807) is 17.0 Å². The van der Waals surface area contributed by atoms with Gasteiger partial charge in [-0.15, -0.1) is 0 Å². The molecule has 242 valence electrons. The van der Waals surface area contributed by atoms with Gasteiger partial charge in [-0.3, -0.25) is 14.5 Å². The average molecular weight is 712 g/mol. The zero-order chi connectivity index (χ0) is 33.5. The Balaban J connectivity index is 1.59. The lowest BCUT2D eigenvalue weighted by Gasteiger charge is -2.35. The monoisotopic (exact) mass is 710 g/mol. The van der Waals surface area contributed by atoms with Crippen LogP contribution in [0.15, 0.2) is 44.9 Å². The third-order valence-electron chi connectivity index (χ3n) is 7.92. The van der Waals surface area contributed by atoms with Crippen LogP contribution in [-0.2, 0) is 18.5 Å². The van der Waals surface area contributed by atoms with E-state index in [0.29, 0.717) is 42.7 Å². The topological polar surface area (TPSA) is 147 Å². The molecule has 0 radical (unpaired) electrons. The number of phenols is 1. The van der Waals surface area contributed by atoms with Crippen molar-refractivity contribution in [1.82, 2.24) is 14.8 Å². The van der Waals surface area contributed by atoms with Gasteiger partial charge in [0.2, 0.25) is 0 Å². The van der Waals surface area contributed by atoms with Gasteiger partial charge < -0.3 is 25.6 Å². The molecule has 3 amide bonds. The van der Waals surface area contributed by atoms with Crippen LogP contribution < -0.4 is 16.2 Å². The van der Waals surface area contributed by atoms with Crippen LogP contribution >= 0.6 is 46.6 Å². The number of nitrogens with zero attached hydrogens (tertiary/aromatic N) is 4. The Morgan fingerprint density at radius 3 is 2.63 bits per heavy atom. The van der Waals surface area contributed by atoms with Gasteiger partial charge in [0, 0.05) is 42.5 Å². The summed E-state index contributed by atoms with van der Waals surface area (Å²) in [6.45, 7) is 3.23. The van der Waals surface area contributed by atoms with E-state index in [1.807, 2.05) is 18.0 Å². The number of nitrogens with one attached hydrogen (secondary N) is 1. The summed E-state index contributed by atoms with van der Waals surface area (Å²) in [4.78, 5) is 47.0. The number of urea groups is 1. The molecule has 4 N–H and O–H groups in total. The van der Waals surface area contributed by atoms with Crippen LogP contribution in [0.4, 0.5) is 19.3 Å². The number of carbonyl (C=O) groups excluding carboxylic acids is 2. The molecule has 2 aliphatic rings. The molecule has 1 fully saturated rings. The molecule has 1 atom stereocenters. The molecule has 1 saturated heterocycles. The van der Waals surface area contributed by atoms with Gasteiger partial charge in [-0.25, -0.2) is 4.79 Å². The van der Waals surface area contributed by atoms with Crippen molar-refractivity contribution in [3.63, 3.8) is 0 Å². The molecule has 1 unspecified atom stereocenters. The molecule has 0 aliphatic carbocycles. The van der Waals surface area contributed by atoms with Crippen molar-refractivity contribution in [2.24, 2.45) is 5.73 Å². The predicted octanol–water partition coefficient (Wildman–Crippen LogP) is 6.55. The minimum Gasteiger partial charge on any atom is -0.506 e. The summed E-state index contributed by atoms with van der Waals surface area (Å²) in [5.41, 5.74) is 4.88. The van der Waals surface area contributed by atoms with Gasteiger partial charge in [0.25, 0.3) is 11.5 Å². The van der Waals surface area contributed by atoms with Crippen LogP contribution in [0.1, 0.15) is 58.5 Å². The lowest BCUT2D eigenvalue weighted by Crippen LogP contribution is -2.49. The fourth-order valence-corrected chi connectivity index (χ4v) is 7.48. The van der Waals surface area contributed by atoms with Gasteiger partial charge in [-0.2, -0.15) is 14.0 Å². The second-order valence-electron chi connectivity index (χ2n) is 10.6. The number of H-pyrrole nitrogens is 1. The minimum absolute atomic E-state index is 0.0337. The maximum atomic E-state index is 14.2. The molecule has 0 bridgehead atoms. The number of phenolic OH excluding ortho intramolecular Hbond substituents is 1. The van der Waals surface area contributed by atoms with E-state index in [-0.39, 0.29) is 56.8 Å². The number of aromatic hydroxyl groups is 1. The maximum absolute atomic E-state index is 14.2. The van der Waals surface area contributed by atoms with Crippen molar-refractivity contribution in [2.45, 2.75) is 54.1 Å². The molecule has 3 heterocycles. The van der Waals surface area contributed by atoms with Crippen molar-refractivity contribution in [2.75, 3.05) is 24.5 Å². The van der Waals surface area contributed by atoms with Gasteiger partial charge in [0.05, 0.1) is 34.3 Å². The Bertz CT molecular complexity index is 1830. The van der Waals surface area contributed by atoms with E-state index >= 15 is 0 Å². The second kappa shape index (κ2) is 13.3. The van der Waals surface area contributed by atoms with Crippen LogP contribution in [0.25, 0.3) is 0 Å². The highest BCUT2D eigenvalue weighted by molar-refractivity contribution is 7.99. The van der Waals surface area contributed by atoms with Crippen molar-refractivity contribution < 1.29 is 23.5 Å². The van der Waals surface area contributed by atoms with E-state index in [0.717, 1.165) is 17.8 Å². The number of anilines is 1. The molecule has 5 rings (SSSR count). The molecular formula is C30H27Cl3F2N6O4S. The summed E-state index contributed by atoms with van der Waals surface area (Å²) >= 11 is 18.9. The number of rotatable bonds is 8. The molecule has 3 aromatic rings. The van der Waals surface area contributed by atoms with Crippen molar-refractivity contribution >= 4 is 64.2 Å². The highest BCUT2D eigenvalue weighted by Crippen LogP contribution is 2.46. The molecule has 2 aromatic carbocycles. The van der Waals surface area contributed by atoms with Gasteiger partial charge in [0.15, 0.2) is 0 Å². The number of alkyl halides is 3.